The molecule has 1 aliphatic rings. The van der Waals surface area contributed by atoms with E-state index in [2.05, 4.69) is 37.7 Å². The Hall–Kier alpha value is -3.16. The number of anilines is 2. The maximum absolute atomic E-state index is 15.4. The van der Waals surface area contributed by atoms with Gasteiger partial charge in [0.1, 0.15) is 5.82 Å². The van der Waals surface area contributed by atoms with Crippen LogP contribution < -0.4 is 10.6 Å². The predicted octanol–water partition coefficient (Wildman–Crippen LogP) is 3.97. The number of nitrogens with zero attached hydrogens (tertiary/aromatic N) is 4. The fourth-order valence-electron chi connectivity index (χ4n) is 3.83. The molecule has 1 unspecified atom stereocenters. The van der Waals surface area contributed by atoms with Gasteiger partial charge in [0, 0.05) is 30.2 Å². The second kappa shape index (κ2) is 6.19. The molecule has 1 atom stereocenters. The predicted molar refractivity (Wildman–Crippen MR) is 108 cm³/mol. The molecule has 0 amide bonds. The Balaban J connectivity index is 1.67. The highest BCUT2D eigenvalue weighted by Crippen LogP contribution is 2.40. The molecule has 28 heavy (non-hydrogen) atoms. The molecule has 0 aliphatic heterocycles. The normalized spacial score (nSPS) is 15.3. The van der Waals surface area contributed by atoms with Crippen molar-refractivity contribution in [1.29, 1.82) is 0 Å². The Labute approximate surface area is 161 Å². The molecule has 3 aromatic heterocycles. The van der Waals surface area contributed by atoms with Gasteiger partial charge >= 0.3 is 0 Å². The highest BCUT2D eigenvalue weighted by atomic mass is 19.1. The average molecular weight is 379 g/mol. The summed E-state index contributed by atoms with van der Waals surface area (Å²) in [4.78, 5) is 8.96. The Kier molecular flexibility index (Phi) is 3.75. The Morgan fingerprint density at radius 1 is 1.29 bits per heavy atom. The number of aromatic nitrogens is 5. The molecule has 1 aliphatic carbocycles. The van der Waals surface area contributed by atoms with Crippen LogP contribution in [0.15, 0.2) is 24.8 Å². The molecule has 1 aromatic carbocycles. The molecule has 0 bridgehead atoms. The number of fused-ring (bicyclic) bond motifs is 2. The van der Waals surface area contributed by atoms with Crippen LogP contribution in [0.3, 0.4) is 0 Å². The van der Waals surface area contributed by atoms with Crippen LogP contribution in [-0.4, -0.2) is 37.7 Å². The van der Waals surface area contributed by atoms with Crippen molar-refractivity contribution in [2.24, 2.45) is 5.92 Å². The third kappa shape index (κ3) is 2.59. The Morgan fingerprint density at radius 2 is 2.11 bits per heavy atom. The molecular weight excluding hydrogens is 357 g/mol. The number of hydrogen-bond acceptors (Lipinski definition) is 5. The summed E-state index contributed by atoms with van der Waals surface area (Å²) in [6.45, 7) is 3.90. The van der Waals surface area contributed by atoms with E-state index >= 15 is 4.39 Å². The lowest BCUT2D eigenvalue weighted by atomic mass is 9.99. The maximum atomic E-state index is 15.4. The van der Waals surface area contributed by atoms with Gasteiger partial charge in [0.05, 0.1) is 35.5 Å². The summed E-state index contributed by atoms with van der Waals surface area (Å²) in [7, 11) is 1.82. The fourth-order valence-corrected chi connectivity index (χ4v) is 3.83. The van der Waals surface area contributed by atoms with Crippen LogP contribution in [0.1, 0.15) is 25.3 Å². The van der Waals surface area contributed by atoms with Crippen molar-refractivity contribution in [3.05, 3.63) is 36.2 Å². The lowest BCUT2D eigenvalue weighted by Gasteiger charge is -2.18. The number of benzene rings is 1. The lowest BCUT2D eigenvalue weighted by Crippen LogP contribution is -2.19. The summed E-state index contributed by atoms with van der Waals surface area (Å²) >= 11 is 0. The van der Waals surface area contributed by atoms with Gasteiger partial charge in [-0.15, -0.1) is 0 Å². The first-order chi connectivity index (χ1) is 13.6. The van der Waals surface area contributed by atoms with E-state index in [1.807, 2.05) is 23.8 Å². The van der Waals surface area contributed by atoms with E-state index in [0.29, 0.717) is 28.4 Å². The minimum Gasteiger partial charge on any atom is -0.378 e. The summed E-state index contributed by atoms with van der Waals surface area (Å²) in [6.07, 6.45) is 9.58. The maximum Gasteiger partial charge on any atom is 0.157 e. The fraction of sp³-hybridized carbons (Fsp3) is 0.350. The molecule has 0 saturated heterocycles. The largest absolute Gasteiger partial charge is 0.378 e. The average Bonchev–Trinajstić information content (AvgIpc) is 3.30. The van der Waals surface area contributed by atoms with E-state index in [1.165, 1.54) is 12.8 Å². The number of H-pyrrole nitrogens is 1. The standard InChI is InChI=1S/C20H22FN7/c1-10-17(14-8-28-9-15(22-3)26-16(28)7-23-14)13-6-24-27-19(13)20(18(10)21)25-11(2)12-4-5-12/h6-9,11-12,22,25H,4-5H2,1-3H3,(H,24,27). The van der Waals surface area contributed by atoms with Crippen LogP contribution in [0, 0.1) is 18.7 Å². The molecule has 1 saturated carbocycles. The number of imidazole rings is 1. The summed E-state index contributed by atoms with van der Waals surface area (Å²) < 4.78 is 17.3. The zero-order valence-corrected chi connectivity index (χ0v) is 16.0. The van der Waals surface area contributed by atoms with Crippen molar-refractivity contribution in [2.45, 2.75) is 32.7 Å². The van der Waals surface area contributed by atoms with Gasteiger partial charge in [-0.25, -0.2) is 9.37 Å². The van der Waals surface area contributed by atoms with Crippen molar-refractivity contribution in [3.8, 4) is 11.3 Å². The summed E-state index contributed by atoms with van der Waals surface area (Å²) in [6, 6.07) is 0.228. The highest BCUT2D eigenvalue weighted by Gasteiger charge is 2.30. The van der Waals surface area contributed by atoms with Crippen molar-refractivity contribution < 1.29 is 4.39 Å². The van der Waals surface area contributed by atoms with Gasteiger partial charge in [-0.05, 0) is 38.2 Å². The first-order valence-electron chi connectivity index (χ1n) is 9.51. The van der Waals surface area contributed by atoms with E-state index in [0.717, 1.165) is 22.4 Å². The van der Waals surface area contributed by atoms with Crippen LogP contribution in [0.4, 0.5) is 15.9 Å². The first kappa shape index (κ1) is 17.0. The van der Waals surface area contributed by atoms with Crippen LogP contribution in [0.25, 0.3) is 27.8 Å². The van der Waals surface area contributed by atoms with E-state index in [9.17, 15) is 0 Å². The van der Waals surface area contributed by atoms with Gasteiger partial charge in [0.15, 0.2) is 11.5 Å². The van der Waals surface area contributed by atoms with E-state index < -0.39 is 0 Å². The minimum absolute atomic E-state index is 0.228. The van der Waals surface area contributed by atoms with Gasteiger partial charge in [-0.2, -0.15) is 5.10 Å². The molecule has 7 nitrogen and oxygen atoms in total. The number of halogens is 1. The van der Waals surface area contributed by atoms with E-state index in [4.69, 9.17) is 0 Å². The second-order valence-electron chi connectivity index (χ2n) is 7.53. The minimum atomic E-state index is -0.261. The Morgan fingerprint density at radius 3 is 2.86 bits per heavy atom. The van der Waals surface area contributed by atoms with Crippen LogP contribution in [0.5, 0.6) is 0 Å². The molecule has 4 aromatic rings. The van der Waals surface area contributed by atoms with E-state index in [1.54, 1.807) is 19.3 Å². The van der Waals surface area contributed by atoms with Crippen LogP contribution >= 0.6 is 0 Å². The number of nitrogens with one attached hydrogen (secondary N) is 3. The molecule has 3 heterocycles. The van der Waals surface area contributed by atoms with Crippen molar-refractivity contribution in [3.63, 3.8) is 0 Å². The summed E-state index contributed by atoms with van der Waals surface area (Å²) in [5.74, 6) is 1.11. The molecule has 1 fully saturated rings. The van der Waals surface area contributed by atoms with Crippen molar-refractivity contribution in [2.75, 3.05) is 17.7 Å². The molecule has 144 valence electrons. The van der Waals surface area contributed by atoms with Crippen molar-refractivity contribution >= 4 is 28.1 Å². The lowest BCUT2D eigenvalue weighted by molar-refractivity contribution is 0.613. The number of hydrogen-bond donors (Lipinski definition) is 3. The van der Waals surface area contributed by atoms with Gasteiger partial charge in [-0.3, -0.25) is 10.1 Å². The van der Waals surface area contributed by atoms with Gasteiger partial charge in [0.25, 0.3) is 0 Å². The van der Waals surface area contributed by atoms with Gasteiger partial charge < -0.3 is 15.0 Å². The second-order valence-corrected chi connectivity index (χ2v) is 7.53. The SMILES string of the molecule is CNc1cn2cc(-c3c(C)c(F)c(NC(C)C4CC4)c4[nH]ncc34)ncc2n1. The van der Waals surface area contributed by atoms with Gasteiger partial charge in [0.2, 0.25) is 0 Å². The smallest absolute Gasteiger partial charge is 0.157 e. The van der Waals surface area contributed by atoms with Gasteiger partial charge in [-0.1, -0.05) is 0 Å². The monoisotopic (exact) mass is 379 g/mol. The highest BCUT2D eigenvalue weighted by molar-refractivity contribution is 6.02. The molecule has 0 spiro atoms. The third-order valence-electron chi connectivity index (χ3n) is 5.64. The number of rotatable bonds is 5. The first-order valence-corrected chi connectivity index (χ1v) is 9.51. The molecule has 8 heteroatoms. The summed E-state index contributed by atoms with van der Waals surface area (Å²) in [5.41, 5.74) is 3.87. The topological polar surface area (TPSA) is 82.9 Å². The summed E-state index contributed by atoms with van der Waals surface area (Å²) in [5, 5.41) is 14.4. The molecular formula is C20H22FN7. The molecule has 5 rings (SSSR count). The molecule has 3 N–H and O–H groups in total. The van der Waals surface area contributed by atoms with Crippen molar-refractivity contribution in [1.82, 2.24) is 24.6 Å². The Bertz CT molecular complexity index is 1190. The van der Waals surface area contributed by atoms with Crippen LogP contribution in [-0.2, 0) is 0 Å². The quantitative estimate of drug-likeness (QED) is 0.489. The molecule has 0 radical (unpaired) electrons. The zero-order chi connectivity index (χ0) is 19.4. The zero-order valence-electron chi connectivity index (χ0n) is 16.0. The third-order valence-corrected chi connectivity index (χ3v) is 5.64. The van der Waals surface area contributed by atoms with E-state index in [-0.39, 0.29) is 11.9 Å². The number of aromatic amines is 1. The van der Waals surface area contributed by atoms with Crippen LogP contribution in [0.2, 0.25) is 0 Å².